The van der Waals surface area contributed by atoms with Crippen LogP contribution in [0.25, 0.3) is 11.1 Å². The molecule has 5 atom stereocenters. The monoisotopic (exact) mass is 934 g/mol. The largest absolute Gasteiger partial charge is 0.508 e. The number of carbonyl (C=O) groups is 8. The van der Waals surface area contributed by atoms with Crippen LogP contribution >= 0.6 is 0 Å². The molecule has 0 saturated carbocycles. The second kappa shape index (κ2) is 23.5. The van der Waals surface area contributed by atoms with E-state index in [1.54, 1.807) is 63.2 Å². The molecule has 10 N–H and O–H groups in total. The molecule has 0 fully saturated rings. The maximum absolute atomic E-state index is 13.7. The van der Waals surface area contributed by atoms with Gasteiger partial charge in [0, 0.05) is 18.8 Å². The zero-order valence-electron chi connectivity index (χ0n) is 38.4. The third kappa shape index (κ3) is 15.0. The van der Waals surface area contributed by atoms with Crippen LogP contribution in [0.5, 0.6) is 5.75 Å². The summed E-state index contributed by atoms with van der Waals surface area (Å²) in [5.74, 6) is -5.15. The summed E-state index contributed by atoms with van der Waals surface area (Å²) in [6, 6.07) is 24.1. The Hall–Kier alpha value is -7.96. The molecule has 0 unspecified atom stereocenters. The Kier molecular flexibility index (Phi) is 17.6. The normalized spacial score (nSPS) is 13.9. The summed E-state index contributed by atoms with van der Waals surface area (Å²) in [7, 11) is 0. The molecule has 0 aliphatic heterocycles. The number of primary amides is 1. The van der Waals surface area contributed by atoms with Crippen molar-refractivity contribution in [3.8, 4) is 16.9 Å². The lowest BCUT2D eigenvalue weighted by atomic mass is 9.98. The fourth-order valence-electron chi connectivity index (χ4n) is 7.26. The van der Waals surface area contributed by atoms with Crippen molar-refractivity contribution in [2.75, 3.05) is 19.7 Å². The summed E-state index contributed by atoms with van der Waals surface area (Å²) in [6.07, 6.45) is -1.75. The predicted molar refractivity (Wildman–Crippen MR) is 249 cm³/mol. The van der Waals surface area contributed by atoms with E-state index in [-0.39, 0.29) is 31.1 Å². The number of hydrogen-bond acceptors (Lipinski definition) is 11. The van der Waals surface area contributed by atoms with E-state index in [9.17, 15) is 43.5 Å². The van der Waals surface area contributed by atoms with Gasteiger partial charge in [0.25, 0.3) is 0 Å². The average molecular weight is 935 g/mol. The molecule has 0 heterocycles. The van der Waals surface area contributed by atoms with E-state index >= 15 is 0 Å². The first-order valence-electron chi connectivity index (χ1n) is 22.0. The van der Waals surface area contributed by atoms with Gasteiger partial charge in [0.05, 0.1) is 13.1 Å². The highest BCUT2D eigenvalue weighted by atomic mass is 16.6. The van der Waals surface area contributed by atoms with E-state index in [4.69, 9.17) is 15.2 Å². The van der Waals surface area contributed by atoms with E-state index < -0.39 is 96.5 Å². The number of rotatable bonds is 20. The fraction of sp³-hybridized carbons (Fsp3) is 0.347. The van der Waals surface area contributed by atoms with Crippen LogP contribution in [-0.2, 0) is 51.1 Å². The molecule has 0 spiro atoms. The minimum absolute atomic E-state index is 0.00238. The third-order valence-electron chi connectivity index (χ3n) is 10.7. The van der Waals surface area contributed by atoms with E-state index in [1.165, 1.54) is 26.0 Å². The lowest BCUT2D eigenvalue weighted by Crippen LogP contribution is -2.58. The van der Waals surface area contributed by atoms with Gasteiger partial charge in [-0.05, 0) is 80.1 Å². The summed E-state index contributed by atoms with van der Waals surface area (Å²) >= 11 is 0. The summed E-state index contributed by atoms with van der Waals surface area (Å²) < 4.78 is 10.9. The summed E-state index contributed by atoms with van der Waals surface area (Å²) in [6.45, 7) is 6.45. The molecule has 0 bridgehead atoms. The molecule has 5 rings (SSSR count). The molecule has 19 nitrogen and oxygen atoms in total. The number of carbonyl (C=O) groups excluding carboxylic acids is 8. The number of nitrogens with two attached hydrogens (primary N) is 1. The van der Waals surface area contributed by atoms with E-state index in [1.807, 2.05) is 48.5 Å². The van der Waals surface area contributed by atoms with Crippen molar-refractivity contribution in [2.45, 2.75) is 89.2 Å². The molecular weight excluding hydrogens is 877 g/mol. The van der Waals surface area contributed by atoms with Crippen molar-refractivity contribution in [3.63, 3.8) is 0 Å². The highest BCUT2D eigenvalue weighted by molar-refractivity contribution is 5.96. The Bertz CT molecular complexity index is 2410. The van der Waals surface area contributed by atoms with Crippen LogP contribution in [-0.4, -0.2) is 108 Å². The molecule has 4 aromatic carbocycles. The van der Waals surface area contributed by atoms with Crippen molar-refractivity contribution in [3.05, 3.63) is 125 Å². The Balaban J connectivity index is 1.15. The molecule has 19 heteroatoms. The molecule has 0 aromatic heterocycles. The smallest absolute Gasteiger partial charge is 0.407 e. The minimum atomic E-state index is -1.46. The Morgan fingerprint density at radius 2 is 1.12 bits per heavy atom. The summed E-state index contributed by atoms with van der Waals surface area (Å²) in [4.78, 5) is 105. The average Bonchev–Trinajstić information content (AvgIpc) is 3.61. The van der Waals surface area contributed by atoms with Gasteiger partial charge in [-0.2, -0.15) is 0 Å². The molecule has 0 saturated heterocycles. The molecular formula is C49H58N8O11. The van der Waals surface area contributed by atoms with Crippen molar-refractivity contribution in [2.24, 2.45) is 5.73 Å². The van der Waals surface area contributed by atoms with Crippen LogP contribution in [0.15, 0.2) is 103 Å². The Morgan fingerprint density at radius 1 is 0.588 bits per heavy atom. The molecule has 1 aliphatic rings. The number of ether oxygens (including phenoxy) is 2. The second-order valence-electron chi connectivity index (χ2n) is 17.2. The summed E-state index contributed by atoms with van der Waals surface area (Å²) in [5, 5.41) is 27.1. The van der Waals surface area contributed by atoms with Crippen LogP contribution < -0.4 is 43.0 Å². The standard InChI is InChI=1S/C49H58N8O11/c1-28(43(61)51-26-41(59)55-40(25-52-47(65)68-49(3,4)5)46(64)56-38(42(50)60)23-30-13-7-6-8-14-30)53-44(62)29(2)54-45(63)39(24-31-19-21-32(58)22-20-31)57-48(66)67-27-37-35-17-11-9-15-33(35)34-16-10-12-18-36(34)37/h6-22,28-29,37-40,58H,23-27H2,1-5H3,(H2,50,60)(H,51,61)(H,52,65)(H,53,62)(H,54,63)(H,55,59)(H,56,64)(H,57,66)/t28-,29-,38-,39-,40-/m0/s1. The molecule has 0 radical (unpaired) electrons. The molecule has 1 aliphatic carbocycles. The number of hydrogen-bond donors (Lipinski definition) is 9. The van der Waals surface area contributed by atoms with Gasteiger partial charge in [-0.15, -0.1) is 0 Å². The van der Waals surface area contributed by atoms with E-state index in [0.717, 1.165) is 22.3 Å². The first-order chi connectivity index (χ1) is 32.3. The van der Waals surface area contributed by atoms with Gasteiger partial charge in [-0.1, -0.05) is 91.0 Å². The molecule has 4 aromatic rings. The van der Waals surface area contributed by atoms with Crippen LogP contribution in [0.1, 0.15) is 62.8 Å². The predicted octanol–water partition coefficient (Wildman–Crippen LogP) is 2.19. The number of nitrogens with one attached hydrogen (secondary N) is 7. The zero-order valence-corrected chi connectivity index (χ0v) is 38.4. The maximum atomic E-state index is 13.7. The highest BCUT2D eigenvalue weighted by Gasteiger charge is 2.32. The number of benzene rings is 4. The first-order valence-corrected chi connectivity index (χ1v) is 22.0. The van der Waals surface area contributed by atoms with Gasteiger partial charge in [-0.25, -0.2) is 9.59 Å². The van der Waals surface area contributed by atoms with Gasteiger partial charge in [0.2, 0.25) is 35.4 Å². The van der Waals surface area contributed by atoms with Crippen LogP contribution in [0.4, 0.5) is 9.59 Å². The summed E-state index contributed by atoms with van der Waals surface area (Å²) in [5.41, 5.74) is 10.1. The second-order valence-corrected chi connectivity index (χ2v) is 17.2. The van der Waals surface area contributed by atoms with Crippen LogP contribution in [0.3, 0.4) is 0 Å². The fourth-order valence-corrected chi connectivity index (χ4v) is 7.26. The van der Waals surface area contributed by atoms with Crippen molar-refractivity contribution in [1.29, 1.82) is 0 Å². The molecule has 8 amide bonds. The van der Waals surface area contributed by atoms with Gasteiger partial charge in [0.1, 0.15) is 48.2 Å². The maximum Gasteiger partial charge on any atom is 0.407 e. The van der Waals surface area contributed by atoms with Gasteiger partial charge in [-0.3, -0.25) is 28.8 Å². The number of amides is 8. The Morgan fingerprint density at radius 3 is 1.72 bits per heavy atom. The lowest BCUT2D eigenvalue weighted by Gasteiger charge is -2.24. The van der Waals surface area contributed by atoms with E-state index in [0.29, 0.717) is 11.1 Å². The SMILES string of the molecule is C[C@H](NC(=O)[C@H](C)NC(=O)[C@H](Cc1ccc(O)cc1)NC(=O)OCC1c2ccccc2-c2ccccc21)C(=O)NCC(=O)N[C@@H](CNC(=O)OC(C)(C)C)C(=O)N[C@@H](Cc1ccccc1)C(N)=O. The lowest BCUT2D eigenvalue weighted by molar-refractivity contribution is -0.133. The quantitative estimate of drug-likeness (QED) is 0.0619. The number of phenolic OH excluding ortho intramolecular Hbond substituents is 1. The van der Waals surface area contributed by atoms with Crippen LogP contribution in [0, 0.1) is 0 Å². The number of fused-ring (bicyclic) bond motifs is 3. The minimum Gasteiger partial charge on any atom is -0.508 e. The topological polar surface area (TPSA) is 285 Å². The highest BCUT2D eigenvalue weighted by Crippen LogP contribution is 2.44. The van der Waals surface area contributed by atoms with Gasteiger partial charge in [0.15, 0.2) is 0 Å². The molecule has 68 heavy (non-hydrogen) atoms. The van der Waals surface area contributed by atoms with Crippen molar-refractivity contribution < 1.29 is 52.9 Å². The number of aromatic hydroxyl groups is 1. The number of phenols is 1. The van der Waals surface area contributed by atoms with Crippen molar-refractivity contribution >= 4 is 47.6 Å². The van der Waals surface area contributed by atoms with E-state index in [2.05, 4.69) is 37.2 Å². The Labute approximate surface area is 393 Å². The third-order valence-corrected chi connectivity index (χ3v) is 10.7. The van der Waals surface area contributed by atoms with Crippen LogP contribution in [0.2, 0.25) is 0 Å². The number of alkyl carbamates (subject to hydrolysis) is 2. The van der Waals surface area contributed by atoms with Gasteiger partial charge >= 0.3 is 12.2 Å². The zero-order chi connectivity index (χ0) is 49.5. The van der Waals surface area contributed by atoms with Crippen molar-refractivity contribution in [1.82, 2.24) is 37.2 Å². The molecule has 360 valence electrons. The van der Waals surface area contributed by atoms with Gasteiger partial charge < -0.3 is 57.5 Å². The first kappa shape index (κ1) is 51.0.